The number of halogens is 1. The van der Waals surface area contributed by atoms with E-state index in [2.05, 4.69) is 0 Å². The van der Waals surface area contributed by atoms with Gasteiger partial charge in [-0.15, -0.1) is 0 Å². The van der Waals surface area contributed by atoms with Crippen LogP contribution in [0.3, 0.4) is 0 Å². The van der Waals surface area contributed by atoms with Crippen molar-refractivity contribution in [3.05, 3.63) is 0 Å². The van der Waals surface area contributed by atoms with Gasteiger partial charge in [0.25, 0.3) is 0 Å². The third kappa shape index (κ3) is 3.77. The summed E-state index contributed by atoms with van der Waals surface area (Å²) in [4.78, 5) is 0. The largest absolute Gasteiger partial charge is 0.233 e. The first-order chi connectivity index (χ1) is 6.31. The van der Waals surface area contributed by atoms with E-state index in [-0.39, 0.29) is 11.2 Å². The number of hydrogen-bond donors (Lipinski definition) is 0. The van der Waals surface area contributed by atoms with Crippen LogP contribution in [0.5, 0.6) is 0 Å². The van der Waals surface area contributed by atoms with Crippen molar-refractivity contribution < 1.29 is 8.42 Å². The van der Waals surface area contributed by atoms with Crippen molar-refractivity contribution in [1.29, 1.82) is 0 Å². The smallest absolute Gasteiger partial charge is 0.212 e. The molecule has 1 saturated carbocycles. The summed E-state index contributed by atoms with van der Waals surface area (Å²) in [6.07, 6.45) is 6.06. The van der Waals surface area contributed by atoms with Gasteiger partial charge in [0.15, 0.2) is 0 Å². The first kappa shape index (κ1) is 12.3. The van der Waals surface area contributed by atoms with Crippen molar-refractivity contribution in [3.8, 4) is 0 Å². The van der Waals surface area contributed by atoms with E-state index in [1.165, 1.54) is 19.3 Å². The fourth-order valence-corrected chi connectivity index (χ4v) is 4.41. The Balaban J connectivity index is 2.63. The van der Waals surface area contributed by atoms with E-state index in [4.69, 9.17) is 10.7 Å². The van der Waals surface area contributed by atoms with Crippen molar-refractivity contribution in [2.45, 2.75) is 46.0 Å². The molecule has 0 atom stereocenters. The summed E-state index contributed by atoms with van der Waals surface area (Å²) in [5.74, 6) is 0.622. The zero-order valence-corrected chi connectivity index (χ0v) is 10.5. The van der Waals surface area contributed by atoms with Gasteiger partial charge in [-0.25, -0.2) is 8.42 Å². The van der Waals surface area contributed by atoms with Crippen LogP contribution in [0.25, 0.3) is 0 Å². The molecule has 0 unspecified atom stereocenters. The molecular formula is C10H19ClO2S. The minimum Gasteiger partial charge on any atom is -0.212 e. The van der Waals surface area contributed by atoms with Crippen LogP contribution in [0.2, 0.25) is 0 Å². The molecule has 0 aliphatic heterocycles. The highest BCUT2D eigenvalue weighted by Gasteiger charge is 2.34. The highest BCUT2D eigenvalue weighted by molar-refractivity contribution is 8.13. The third-order valence-corrected chi connectivity index (χ3v) is 4.67. The molecule has 1 aliphatic carbocycles. The molecule has 1 fully saturated rings. The van der Waals surface area contributed by atoms with E-state index < -0.39 is 9.05 Å². The Morgan fingerprint density at radius 3 is 2.14 bits per heavy atom. The molecule has 14 heavy (non-hydrogen) atoms. The second kappa shape index (κ2) is 4.40. The van der Waals surface area contributed by atoms with E-state index >= 15 is 0 Å². The summed E-state index contributed by atoms with van der Waals surface area (Å²) in [6.45, 7) is 4.03. The second-order valence-electron chi connectivity index (χ2n) is 5.01. The molecule has 1 aliphatic rings. The molecule has 0 aromatic rings. The fourth-order valence-electron chi connectivity index (χ4n) is 2.45. The molecule has 0 spiro atoms. The molecule has 84 valence electrons. The van der Waals surface area contributed by atoms with Gasteiger partial charge in [0.2, 0.25) is 9.05 Å². The van der Waals surface area contributed by atoms with Gasteiger partial charge in [0.1, 0.15) is 0 Å². The molecule has 4 heteroatoms. The van der Waals surface area contributed by atoms with Gasteiger partial charge in [0, 0.05) is 10.7 Å². The summed E-state index contributed by atoms with van der Waals surface area (Å²) in [5, 5.41) is 0. The average Bonchev–Trinajstić information content (AvgIpc) is 2.01. The second-order valence-corrected chi connectivity index (χ2v) is 7.78. The van der Waals surface area contributed by atoms with E-state index in [0.717, 1.165) is 12.8 Å². The Hall–Kier alpha value is 0.240. The monoisotopic (exact) mass is 238 g/mol. The van der Waals surface area contributed by atoms with E-state index in [1.807, 2.05) is 13.8 Å². The van der Waals surface area contributed by atoms with E-state index in [9.17, 15) is 8.42 Å². The van der Waals surface area contributed by atoms with Crippen molar-refractivity contribution >= 4 is 19.7 Å². The molecule has 2 nitrogen and oxygen atoms in total. The first-order valence-electron chi connectivity index (χ1n) is 5.24. The lowest BCUT2D eigenvalue weighted by atomic mass is 9.72. The van der Waals surface area contributed by atoms with Crippen molar-refractivity contribution in [2.24, 2.45) is 11.3 Å². The van der Waals surface area contributed by atoms with Crippen LogP contribution in [-0.4, -0.2) is 14.2 Å². The summed E-state index contributed by atoms with van der Waals surface area (Å²) < 4.78 is 22.1. The number of rotatable bonds is 3. The first-order valence-corrected chi connectivity index (χ1v) is 7.71. The van der Waals surface area contributed by atoms with E-state index in [1.54, 1.807) is 0 Å². The molecule has 0 radical (unpaired) electrons. The lowest BCUT2D eigenvalue weighted by Gasteiger charge is -2.36. The van der Waals surface area contributed by atoms with Gasteiger partial charge < -0.3 is 0 Å². The SMILES string of the molecule is CC(C)(CS(=O)(=O)Cl)C1CCCCC1. The highest BCUT2D eigenvalue weighted by atomic mass is 35.7. The van der Waals surface area contributed by atoms with Gasteiger partial charge in [0.05, 0.1) is 5.75 Å². The molecule has 0 amide bonds. The van der Waals surface area contributed by atoms with Crippen LogP contribution in [-0.2, 0) is 9.05 Å². The fraction of sp³-hybridized carbons (Fsp3) is 1.00. The third-order valence-electron chi connectivity index (χ3n) is 3.25. The maximum absolute atomic E-state index is 11.1. The topological polar surface area (TPSA) is 34.1 Å². The van der Waals surface area contributed by atoms with Gasteiger partial charge >= 0.3 is 0 Å². The average molecular weight is 239 g/mol. The van der Waals surface area contributed by atoms with Gasteiger partial charge in [-0.3, -0.25) is 0 Å². The molecule has 0 aromatic carbocycles. The molecule has 0 aromatic heterocycles. The van der Waals surface area contributed by atoms with Crippen LogP contribution in [0.1, 0.15) is 46.0 Å². The van der Waals surface area contributed by atoms with Crippen molar-refractivity contribution in [1.82, 2.24) is 0 Å². The molecule has 0 bridgehead atoms. The molecular weight excluding hydrogens is 220 g/mol. The summed E-state index contributed by atoms with van der Waals surface area (Å²) in [7, 11) is 1.95. The van der Waals surface area contributed by atoms with Crippen LogP contribution in [0, 0.1) is 11.3 Å². The Labute approximate surface area is 91.5 Å². The minimum atomic E-state index is -3.36. The molecule has 1 rings (SSSR count). The summed E-state index contributed by atoms with van der Waals surface area (Å²) in [6, 6.07) is 0. The summed E-state index contributed by atoms with van der Waals surface area (Å²) in [5.41, 5.74) is -0.166. The van der Waals surface area contributed by atoms with Crippen LogP contribution in [0.15, 0.2) is 0 Å². The Morgan fingerprint density at radius 1 is 1.21 bits per heavy atom. The van der Waals surface area contributed by atoms with Crippen LogP contribution in [0.4, 0.5) is 0 Å². The quantitative estimate of drug-likeness (QED) is 0.708. The lowest BCUT2D eigenvalue weighted by molar-refractivity contribution is 0.183. The Bertz CT molecular complexity index is 276. The maximum Gasteiger partial charge on any atom is 0.233 e. The van der Waals surface area contributed by atoms with Crippen LogP contribution >= 0.6 is 10.7 Å². The predicted molar refractivity (Wildman–Crippen MR) is 60.0 cm³/mol. The Kier molecular flexibility index (Phi) is 3.87. The van der Waals surface area contributed by atoms with Gasteiger partial charge in [-0.05, 0) is 24.2 Å². The van der Waals surface area contributed by atoms with Crippen LogP contribution < -0.4 is 0 Å². The normalized spacial score (nSPS) is 21.1. The number of hydrogen-bond acceptors (Lipinski definition) is 2. The Morgan fingerprint density at radius 2 is 1.71 bits per heavy atom. The van der Waals surface area contributed by atoms with Gasteiger partial charge in [-0.2, -0.15) is 0 Å². The van der Waals surface area contributed by atoms with E-state index in [0.29, 0.717) is 5.92 Å². The zero-order valence-electron chi connectivity index (χ0n) is 8.92. The molecule has 0 heterocycles. The highest BCUT2D eigenvalue weighted by Crippen LogP contribution is 2.39. The zero-order chi connectivity index (χ0) is 10.8. The minimum absolute atomic E-state index is 0.103. The predicted octanol–water partition coefficient (Wildman–Crippen LogP) is 3.16. The maximum atomic E-state index is 11.1. The summed E-state index contributed by atoms with van der Waals surface area (Å²) >= 11 is 0. The molecule has 0 saturated heterocycles. The van der Waals surface area contributed by atoms with Crippen molar-refractivity contribution in [3.63, 3.8) is 0 Å². The lowest BCUT2D eigenvalue weighted by Crippen LogP contribution is -2.32. The van der Waals surface area contributed by atoms with Gasteiger partial charge in [-0.1, -0.05) is 33.1 Å². The standard InChI is InChI=1S/C10H19ClO2S/c1-10(2,8-14(11,12)13)9-6-4-3-5-7-9/h9H,3-8H2,1-2H3. The van der Waals surface area contributed by atoms with Crippen molar-refractivity contribution in [2.75, 3.05) is 5.75 Å². The molecule has 0 N–H and O–H groups in total.